The maximum atomic E-state index is 12.8. The molecule has 0 heterocycles. The SMILES string of the molecule is CCCCCC(=O)N(C/C=C/c1ccccc1)C(C)c1ccccc1. The van der Waals surface area contributed by atoms with E-state index in [-0.39, 0.29) is 11.9 Å². The maximum absolute atomic E-state index is 12.8. The third kappa shape index (κ3) is 6.22. The number of hydrogen-bond acceptors (Lipinski definition) is 1. The van der Waals surface area contributed by atoms with Gasteiger partial charge in [-0.3, -0.25) is 4.79 Å². The number of benzene rings is 2. The van der Waals surface area contributed by atoms with Crippen molar-refractivity contribution in [2.24, 2.45) is 0 Å². The Kier molecular flexibility index (Phi) is 7.97. The normalized spacial score (nSPS) is 12.2. The number of carbonyl (C=O) groups is 1. The van der Waals surface area contributed by atoms with Crippen LogP contribution in [0.1, 0.15) is 56.7 Å². The Balaban J connectivity index is 2.08. The van der Waals surface area contributed by atoms with E-state index in [1.165, 1.54) is 5.56 Å². The van der Waals surface area contributed by atoms with Crippen molar-refractivity contribution >= 4 is 12.0 Å². The minimum absolute atomic E-state index is 0.0794. The average molecular weight is 335 g/mol. The first kappa shape index (κ1) is 19.0. The van der Waals surface area contributed by atoms with Gasteiger partial charge in [-0.15, -0.1) is 0 Å². The number of nitrogens with zero attached hydrogens (tertiary/aromatic N) is 1. The van der Waals surface area contributed by atoms with E-state index in [1.54, 1.807) is 0 Å². The molecule has 0 spiro atoms. The molecule has 2 heteroatoms. The number of unbranched alkanes of at least 4 members (excludes halogenated alkanes) is 2. The second kappa shape index (κ2) is 10.5. The van der Waals surface area contributed by atoms with Crippen molar-refractivity contribution in [1.82, 2.24) is 4.90 Å². The summed E-state index contributed by atoms with van der Waals surface area (Å²) < 4.78 is 0. The Hall–Kier alpha value is -2.35. The zero-order chi connectivity index (χ0) is 17.9. The summed E-state index contributed by atoms with van der Waals surface area (Å²) in [6.45, 7) is 4.91. The summed E-state index contributed by atoms with van der Waals surface area (Å²) in [6.07, 6.45) is 8.02. The zero-order valence-corrected chi connectivity index (χ0v) is 15.4. The summed E-state index contributed by atoms with van der Waals surface area (Å²) in [5.41, 5.74) is 2.34. The van der Waals surface area contributed by atoms with Gasteiger partial charge in [-0.05, 0) is 24.5 Å². The lowest BCUT2D eigenvalue weighted by atomic mass is 10.1. The van der Waals surface area contributed by atoms with Crippen molar-refractivity contribution in [2.45, 2.75) is 45.6 Å². The van der Waals surface area contributed by atoms with E-state index in [2.05, 4.69) is 50.3 Å². The minimum atomic E-state index is 0.0794. The molecule has 1 unspecified atom stereocenters. The van der Waals surface area contributed by atoms with Gasteiger partial charge >= 0.3 is 0 Å². The van der Waals surface area contributed by atoms with Crippen LogP contribution in [0.2, 0.25) is 0 Å². The molecule has 0 radical (unpaired) electrons. The predicted molar refractivity (Wildman–Crippen MR) is 106 cm³/mol. The fourth-order valence-corrected chi connectivity index (χ4v) is 2.92. The maximum Gasteiger partial charge on any atom is 0.223 e. The van der Waals surface area contributed by atoms with E-state index < -0.39 is 0 Å². The molecule has 0 saturated heterocycles. The second-order valence-corrected chi connectivity index (χ2v) is 6.40. The molecule has 25 heavy (non-hydrogen) atoms. The molecule has 0 aromatic heterocycles. The van der Waals surface area contributed by atoms with E-state index in [1.807, 2.05) is 41.3 Å². The Morgan fingerprint density at radius 1 is 1.00 bits per heavy atom. The molecule has 0 fully saturated rings. The number of carbonyl (C=O) groups excluding carboxylic acids is 1. The van der Waals surface area contributed by atoms with Crippen LogP contribution in [0.25, 0.3) is 6.08 Å². The molecule has 0 saturated carbocycles. The molecular formula is C23H29NO. The zero-order valence-electron chi connectivity index (χ0n) is 15.4. The first-order valence-corrected chi connectivity index (χ1v) is 9.28. The third-order valence-electron chi connectivity index (χ3n) is 4.48. The van der Waals surface area contributed by atoms with Crippen molar-refractivity contribution in [3.8, 4) is 0 Å². The van der Waals surface area contributed by atoms with Crippen LogP contribution in [-0.4, -0.2) is 17.4 Å². The van der Waals surface area contributed by atoms with Gasteiger partial charge < -0.3 is 4.90 Å². The molecule has 1 atom stereocenters. The molecule has 0 aliphatic heterocycles. The Labute approximate surface area is 152 Å². The van der Waals surface area contributed by atoms with Crippen molar-refractivity contribution < 1.29 is 4.79 Å². The number of amides is 1. The quantitative estimate of drug-likeness (QED) is 0.525. The molecule has 1 amide bonds. The summed E-state index contributed by atoms with van der Waals surface area (Å²) in [5.74, 6) is 0.238. The van der Waals surface area contributed by atoms with Crippen molar-refractivity contribution in [3.05, 3.63) is 77.9 Å². The van der Waals surface area contributed by atoms with Crippen LogP contribution in [0.3, 0.4) is 0 Å². The minimum Gasteiger partial charge on any atom is -0.332 e. The summed E-state index contributed by atoms with van der Waals surface area (Å²) in [4.78, 5) is 14.8. The third-order valence-corrected chi connectivity index (χ3v) is 4.48. The van der Waals surface area contributed by atoms with Crippen molar-refractivity contribution in [2.75, 3.05) is 6.54 Å². The highest BCUT2D eigenvalue weighted by Gasteiger charge is 2.19. The Morgan fingerprint density at radius 2 is 1.64 bits per heavy atom. The molecular weight excluding hydrogens is 306 g/mol. The molecule has 0 bridgehead atoms. The van der Waals surface area contributed by atoms with Crippen LogP contribution in [0.4, 0.5) is 0 Å². The first-order chi connectivity index (χ1) is 12.2. The standard InChI is InChI=1S/C23H29NO/c1-3-4-7-18-23(25)24(20(2)22-16-10-6-11-17-22)19-12-15-21-13-8-5-9-14-21/h5-6,8-17,20H,3-4,7,18-19H2,1-2H3/b15-12+. The highest BCUT2D eigenvalue weighted by molar-refractivity contribution is 5.77. The molecule has 0 aliphatic rings. The van der Waals surface area contributed by atoms with Crippen LogP contribution in [0.15, 0.2) is 66.7 Å². The smallest absolute Gasteiger partial charge is 0.223 e. The van der Waals surface area contributed by atoms with E-state index >= 15 is 0 Å². The summed E-state index contributed by atoms with van der Waals surface area (Å²) in [7, 11) is 0. The second-order valence-electron chi connectivity index (χ2n) is 6.40. The van der Waals surface area contributed by atoms with E-state index in [0.29, 0.717) is 13.0 Å². The van der Waals surface area contributed by atoms with E-state index in [4.69, 9.17) is 0 Å². The molecule has 2 rings (SSSR count). The van der Waals surface area contributed by atoms with Gasteiger partial charge in [-0.2, -0.15) is 0 Å². The first-order valence-electron chi connectivity index (χ1n) is 9.28. The van der Waals surface area contributed by atoms with Crippen LogP contribution < -0.4 is 0 Å². The van der Waals surface area contributed by atoms with Gasteiger partial charge in [0.05, 0.1) is 6.04 Å². The van der Waals surface area contributed by atoms with E-state index in [9.17, 15) is 4.79 Å². The van der Waals surface area contributed by atoms with Gasteiger partial charge in [0.1, 0.15) is 0 Å². The van der Waals surface area contributed by atoms with E-state index in [0.717, 1.165) is 24.8 Å². The monoisotopic (exact) mass is 335 g/mol. The fourth-order valence-electron chi connectivity index (χ4n) is 2.92. The lowest BCUT2D eigenvalue weighted by Crippen LogP contribution is -2.33. The number of hydrogen-bond donors (Lipinski definition) is 0. The van der Waals surface area contributed by atoms with Crippen LogP contribution in [-0.2, 0) is 4.79 Å². The van der Waals surface area contributed by atoms with Crippen LogP contribution in [0, 0.1) is 0 Å². The van der Waals surface area contributed by atoms with Gasteiger partial charge in [-0.25, -0.2) is 0 Å². The molecule has 0 aliphatic carbocycles. The van der Waals surface area contributed by atoms with Crippen LogP contribution in [0.5, 0.6) is 0 Å². The van der Waals surface area contributed by atoms with Gasteiger partial charge in [-0.1, -0.05) is 92.6 Å². The van der Waals surface area contributed by atoms with Crippen molar-refractivity contribution in [1.29, 1.82) is 0 Å². The average Bonchev–Trinajstić information content (AvgIpc) is 2.66. The lowest BCUT2D eigenvalue weighted by molar-refractivity contribution is -0.132. The Bertz CT molecular complexity index is 648. The highest BCUT2D eigenvalue weighted by atomic mass is 16.2. The van der Waals surface area contributed by atoms with Gasteiger partial charge in [0.2, 0.25) is 5.91 Å². The van der Waals surface area contributed by atoms with Crippen molar-refractivity contribution in [3.63, 3.8) is 0 Å². The van der Waals surface area contributed by atoms with Crippen LogP contribution >= 0.6 is 0 Å². The van der Waals surface area contributed by atoms with Gasteiger partial charge in [0.15, 0.2) is 0 Å². The largest absolute Gasteiger partial charge is 0.332 e. The predicted octanol–water partition coefficient (Wildman–Crippen LogP) is 5.87. The Morgan fingerprint density at radius 3 is 2.28 bits per heavy atom. The fraction of sp³-hybridized carbons (Fsp3) is 0.348. The topological polar surface area (TPSA) is 20.3 Å². The molecule has 2 aromatic carbocycles. The molecule has 0 N–H and O–H groups in total. The molecule has 132 valence electrons. The number of rotatable bonds is 9. The molecule has 2 aromatic rings. The molecule has 2 nitrogen and oxygen atoms in total. The highest BCUT2D eigenvalue weighted by Crippen LogP contribution is 2.21. The van der Waals surface area contributed by atoms with Gasteiger partial charge in [0, 0.05) is 13.0 Å². The summed E-state index contributed by atoms with van der Waals surface area (Å²) >= 11 is 0. The lowest BCUT2D eigenvalue weighted by Gasteiger charge is -2.29. The summed E-state index contributed by atoms with van der Waals surface area (Å²) in [5, 5.41) is 0. The van der Waals surface area contributed by atoms with Gasteiger partial charge in [0.25, 0.3) is 0 Å². The summed E-state index contributed by atoms with van der Waals surface area (Å²) in [6, 6.07) is 20.6.